The van der Waals surface area contributed by atoms with Gasteiger partial charge >= 0.3 is 0 Å². The molecule has 0 spiro atoms. The van der Waals surface area contributed by atoms with E-state index in [1.807, 2.05) is 0 Å². The fourth-order valence-corrected chi connectivity index (χ4v) is 2.43. The first-order valence-electron chi connectivity index (χ1n) is 5.23. The van der Waals surface area contributed by atoms with Crippen molar-refractivity contribution in [2.24, 2.45) is 0 Å². The molecule has 80 valence electrons. The standard InChI is InChI=1S/C13H16ClN/c1-8(2)11-6-12-9(3)15(4)7-10(12)5-13(11)14/h5-6,8H,3,7H2,1-2,4H3. The van der Waals surface area contributed by atoms with Crippen molar-refractivity contribution in [3.8, 4) is 0 Å². The zero-order chi connectivity index (χ0) is 11.2. The van der Waals surface area contributed by atoms with Gasteiger partial charge in [0.2, 0.25) is 0 Å². The van der Waals surface area contributed by atoms with Crippen molar-refractivity contribution in [2.45, 2.75) is 26.3 Å². The first kappa shape index (κ1) is 10.6. The second-order valence-corrected chi connectivity index (χ2v) is 4.90. The van der Waals surface area contributed by atoms with E-state index in [1.165, 1.54) is 16.7 Å². The SMILES string of the molecule is C=C1c2cc(C(C)C)c(Cl)cc2CN1C. The summed E-state index contributed by atoms with van der Waals surface area (Å²) in [7, 11) is 2.06. The molecule has 1 aliphatic heterocycles. The third kappa shape index (κ3) is 1.65. The number of hydrogen-bond acceptors (Lipinski definition) is 1. The van der Waals surface area contributed by atoms with Gasteiger partial charge < -0.3 is 4.90 Å². The number of hydrogen-bond donors (Lipinski definition) is 0. The van der Waals surface area contributed by atoms with E-state index in [9.17, 15) is 0 Å². The summed E-state index contributed by atoms with van der Waals surface area (Å²) in [5.41, 5.74) is 4.86. The van der Waals surface area contributed by atoms with Crippen LogP contribution in [0.4, 0.5) is 0 Å². The van der Waals surface area contributed by atoms with E-state index in [0.29, 0.717) is 5.92 Å². The maximum Gasteiger partial charge on any atom is 0.0444 e. The Morgan fingerprint density at radius 1 is 1.40 bits per heavy atom. The van der Waals surface area contributed by atoms with Crippen LogP contribution in [-0.2, 0) is 6.54 Å². The zero-order valence-electron chi connectivity index (χ0n) is 9.47. The van der Waals surface area contributed by atoms with Gasteiger partial charge in [0.1, 0.15) is 0 Å². The Morgan fingerprint density at radius 3 is 2.67 bits per heavy atom. The van der Waals surface area contributed by atoms with Crippen LogP contribution in [0, 0.1) is 0 Å². The summed E-state index contributed by atoms with van der Waals surface area (Å²) >= 11 is 6.25. The minimum atomic E-state index is 0.460. The molecule has 1 heterocycles. The fourth-order valence-electron chi connectivity index (χ4n) is 2.03. The molecular weight excluding hydrogens is 206 g/mol. The quantitative estimate of drug-likeness (QED) is 0.696. The number of rotatable bonds is 1. The molecule has 0 bridgehead atoms. The molecule has 1 aromatic rings. The molecule has 2 heteroatoms. The molecule has 15 heavy (non-hydrogen) atoms. The second-order valence-electron chi connectivity index (χ2n) is 4.49. The van der Waals surface area contributed by atoms with E-state index in [0.717, 1.165) is 17.3 Å². The minimum Gasteiger partial charge on any atom is -0.370 e. The Kier molecular flexibility index (Phi) is 2.51. The second kappa shape index (κ2) is 3.57. The summed E-state index contributed by atoms with van der Waals surface area (Å²) in [5, 5.41) is 0.881. The van der Waals surface area contributed by atoms with Gasteiger partial charge in [0.05, 0.1) is 0 Å². The fraction of sp³-hybridized carbons (Fsp3) is 0.385. The Morgan fingerprint density at radius 2 is 2.07 bits per heavy atom. The predicted octanol–water partition coefficient (Wildman–Crippen LogP) is 3.88. The minimum absolute atomic E-state index is 0.460. The lowest BCUT2D eigenvalue weighted by atomic mass is 9.98. The summed E-state index contributed by atoms with van der Waals surface area (Å²) in [5.74, 6) is 0.460. The van der Waals surface area contributed by atoms with Crippen molar-refractivity contribution in [1.82, 2.24) is 4.90 Å². The van der Waals surface area contributed by atoms with E-state index in [4.69, 9.17) is 11.6 Å². The molecule has 0 saturated heterocycles. The van der Waals surface area contributed by atoms with Crippen LogP contribution in [0.25, 0.3) is 5.70 Å². The lowest BCUT2D eigenvalue weighted by Crippen LogP contribution is -2.05. The number of fused-ring (bicyclic) bond motifs is 1. The summed E-state index contributed by atoms with van der Waals surface area (Å²) in [6.07, 6.45) is 0. The van der Waals surface area contributed by atoms with E-state index < -0.39 is 0 Å². The molecule has 0 aliphatic carbocycles. The van der Waals surface area contributed by atoms with E-state index >= 15 is 0 Å². The van der Waals surface area contributed by atoms with Crippen molar-refractivity contribution in [3.05, 3.63) is 40.4 Å². The van der Waals surface area contributed by atoms with Crippen LogP contribution in [0.15, 0.2) is 18.7 Å². The Hall–Kier alpha value is -0.950. The molecule has 0 saturated carbocycles. The van der Waals surface area contributed by atoms with Crippen LogP contribution in [0.1, 0.15) is 36.5 Å². The number of nitrogens with zero attached hydrogens (tertiary/aromatic N) is 1. The Bertz CT molecular complexity index is 421. The summed E-state index contributed by atoms with van der Waals surface area (Å²) < 4.78 is 0. The van der Waals surface area contributed by atoms with Crippen LogP contribution >= 0.6 is 11.6 Å². The molecule has 1 aliphatic rings. The van der Waals surface area contributed by atoms with E-state index in [2.05, 4.69) is 44.5 Å². The number of benzene rings is 1. The van der Waals surface area contributed by atoms with Crippen molar-refractivity contribution in [1.29, 1.82) is 0 Å². The molecule has 0 unspecified atom stereocenters. The van der Waals surface area contributed by atoms with Gasteiger partial charge in [-0.05, 0) is 29.2 Å². The maximum atomic E-state index is 6.25. The van der Waals surface area contributed by atoms with E-state index in [-0.39, 0.29) is 0 Å². The van der Waals surface area contributed by atoms with Crippen molar-refractivity contribution < 1.29 is 0 Å². The molecule has 1 nitrogen and oxygen atoms in total. The molecule has 0 amide bonds. The lowest BCUT2D eigenvalue weighted by molar-refractivity contribution is 0.501. The normalized spacial score (nSPS) is 15.0. The smallest absolute Gasteiger partial charge is 0.0444 e. The van der Waals surface area contributed by atoms with Crippen LogP contribution in [0.5, 0.6) is 0 Å². The molecule has 1 aromatic carbocycles. The highest BCUT2D eigenvalue weighted by Gasteiger charge is 2.21. The lowest BCUT2D eigenvalue weighted by Gasteiger charge is -2.11. The van der Waals surface area contributed by atoms with Crippen LogP contribution < -0.4 is 0 Å². The molecule has 0 radical (unpaired) electrons. The highest BCUT2D eigenvalue weighted by molar-refractivity contribution is 6.31. The topological polar surface area (TPSA) is 3.24 Å². The summed E-state index contributed by atoms with van der Waals surface area (Å²) in [6, 6.07) is 4.27. The highest BCUT2D eigenvalue weighted by Crippen LogP contribution is 2.36. The van der Waals surface area contributed by atoms with Crippen molar-refractivity contribution >= 4 is 17.3 Å². The van der Waals surface area contributed by atoms with Crippen molar-refractivity contribution in [2.75, 3.05) is 7.05 Å². The van der Waals surface area contributed by atoms with Gasteiger partial charge in [0.15, 0.2) is 0 Å². The molecular formula is C13H16ClN. The highest BCUT2D eigenvalue weighted by atomic mass is 35.5. The Labute approximate surface area is 96.4 Å². The van der Waals surface area contributed by atoms with Crippen molar-refractivity contribution in [3.63, 3.8) is 0 Å². The maximum absolute atomic E-state index is 6.25. The Balaban J connectivity index is 2.55. The van der Waals surface area contributed by atoms with Gasteiger partial charge in [-0.2, -0.15) is 0 Å². The largest absolute Gasteiger partial charge is 0.370 e. The molecule has 0 N–H and O–H groups in total. The molecule has 0 fully saturated rings. The van der Waals surface area contributed by atoms with Gasteiger partial charge in [0.25, 0.3) is 0 Å². The molecule has 2 rings (SSSR count). The van der Waals surface area contributed by atoms with Gasteiger partial charge in [-0.25, -0.2) is 0 Å². The predicted molar refractivity (Wildman–Crippen MR) is 66.0 cm³/mol. The van der Waals surface area contributed by atoms with Crippen LogP contribution in [0.3, 0.4) is 0 Å². The zero-order valence-corrected chi connectivity index (χ0v) is 10.2. The van der Waals surface area contributed by atoms with Gasteiger partial charge in [0, 0.05) is 29.9 Å². The van der Waals surface area contributed by atoms with Gasteiger partial charge in [-0.1, -0.05) is 32.0 Å². The first-order valence-corrected chi connectivity index (χ1v) is 5.61. The van der Waals surface area contributed by atoms with Crippen LogP contribution in [-0.4, -0.2) is 11.9 Å². The third-order valence-electron chi connectivity index (χ3n) is 3.02. The first-order chi connectivity index (χ1) is 7.00. The summed E-state index contributed by atoms with van der Waals surface area (Å²) in [4.78, 5) is 2.16. The van der Waals surface area contributed by atoms with Gasteiger partial charge in [-0.15, -0.1) is 0 Å². The molecule has 0 atom stereocenters. The van der Waals surface area contributed by atoms with Gasteiger partial charge in [-0.3, -0.25) is 0 Å². The average molecular weight is 222 g/mol. The van der Waals surface area contributed by atoms with Crippen LogP contribution in [0.2, 0.25) is 5.02 Å². The van der Waals surface area contributed by atoms with E-state index in [1.54, 1.807) is 0 Å². The molecule has 0 aromatic heterocycles. The monoisotopic (exact) mass is 221 g/mol. The average Bonchev–Trinajstić information content (AvgIpc) is 2.41. The third-order valence-corrected chi connectivity index (χ3v) is 3.35. The summed E-state index contributed by atoms with van der Waals surface area (Å²) in [6.45, 7) is 9.34. The number of halogens is 1.